The molecule has 5 rings (SSSR count). The zero-order valence-corrected chi connectivity index (χ0v) is 17.5. The quantitative estimate of drug-likeness (QED) is 0.431. The standard InChI is InChI=1S/C25H20N2O3S/c28-24(20-14-31-23-11-4-2-9-18(20)23)26-16-7-5-6-15(12-16)22-13-19(25(29)30)17-8-1-3-10-21(17)27-22/h1,3,5-8,10,12-14H,2,4,9,11H2,(H,26,28)(H,29,30). The topological polar surface area (TPSA) is 79.3 Å². The van der Waals surface area contributed by atoms with Crippen LogP contribution in [0.25, 0.3) is 22.2 Å². The van der Waals surface area contributed by atoms with Gasteiger partial charge in [0, 0.05) is 26.9 Å². The number of fused-ring (bicyclic) bond motifs is 2. The predicted molar refractivity (Wildman–Crippen MR) is 123 cm³/mol. The monoisotopic (exact) mass is 428 g/mol. The Kier molecular flexibility index (Phi) is 5.00. The number of thiophene rings is 1. The molecule has 31 heavy (non-hydrogen) atoms. The molecule has 0 aliphatic heterocycles. The maximum Gasteiger partial charge on any atom is 0.336 e. The smallest absolute Gasteiger partial charge is 0.336 e. The third-order valence-corrected chi connectivity index (χ3v) is 6.76. The summed E-state index contributed by atoms with van der Waals surface area (Å²) in [5.74, 6) is -1.10. The largest absolute Gasteiger partial charge is 0.478 e. The van der Waals surface area contributed by atoms with Crippen molar-refractivity contribution in [1.82, 2.24) is 4.98 Å². The summed E-state index contributed by atoms with van der Waals surface area (Å²) in [5.41, 5.74) is 4.74. The number of aromatic carboxylic acids is 1. The number of carbonyl (C=O) groups is 2. The first-order chi connectivity index (χ1) is 15.1. The van der Waals surface area contributed by atoms with E-state index in [-0.39, 0.29) is 11.5 Å². The van der Waals surface area contributed by atoms with Crippen LogP contribution in [0.1, 0.15) is 44.0 Å². The van der Waals surface area contributed by atoms with E-state index in [1.54, 1.807) is 35.6 Å². The molecular formula is C25H20N2O3S. The molecule has 2 aromatic carbocycles. The van der Waals surface area contributed by atoms with Crippen molar-refractivity contribution in [3.05, 3.63) is 81.5 Å². The highest BCUT2D eigenvalue weighted by Crippen LogP contribution is 2.31. The number of para-hydroxylation sites is 1. The molecule has 0 spiro atoms. The lowest BCUT2D eigenvalue weighted by atomic mass is 9.95. The zero-order chi connectivity index (χ0) is 21.4. The third-order valence-electron chi connectivity index (χ3n) is 5.67. The molecule has 2 heterocycles. The van der Waals surface area contributed by atoms with Gasteiger partial charge in [0.1, 0.15) is 0 Å². The van der Waals surface area contributed by atoms with Gasteiger partial charge < -0.3 is 10.4 Å². The number of pyridine rings is 1. The Hall–Kier alpha value is -3.51. The highest BCUT2D eigenvalue weighted by Gasteiger charge is 2.20. The van der Waals surface area contributed by atoms with Gasteiger partial charge in [-0.15, -0.1) is 11.3 Å². The molecule has 0 saturated heterocycles. The number of carboxylic acids is 1. The first-order valence-electron chi connectivity index (χ1n) is 10.2. The summed E-state index contributed by atoms with van der Waals surface area (Å²) in [4.78, 5) is 30.7. The summed E-state index contributed by atoms with van der Waals surface area (Å²) in [6.45, 7) is 0. The van der Waals surface area contributed by atoms with Crippen LogP contribution in [0, 0.1) is 0 Å². The molecule has 1 aliphatic rings. The normalized spacial score (nSPS) is 13.0. The number of nitrogens with one attached hydrogen (secondary N) is 1. The number of hydrogen-bond acceptors (Lipinski definition) is 4. The van der Waals surface area contributed by atoms with E-state index in [0.717, 1.165) is 30.4 Å². The van der Waals surface area contributed by atoms with Crippen molar-refractivity contribution >= 4 is 39.8 Å². The van der Waals surface area contributed by atoms with Gasteiger partial charge in [-0.1, -0.05) is 30.3 Å². The summed E-state index contributed by atoms with van der Waals surface area (Å²) < 4.78 is 0. The number of amides is 1. The molecule has 0 radical (unpaired) electrons. The van der Waals surface area contributed by atoms with Gasteiger partial charge in [0.25, 0.3) is 5.91 Å². The molecule has 0 saturated carbocycles. The number of nitrogens with zero attached hydrogens (tertiary/aromatic N) is 1. The molecule has 0 bridgehead atoms. The summed E-state index contributed by atoms with van der Waals surface area (Å²) >= 11 is 1.67. The number of aryl methyl sites for hydroxylation is 1. The van der Waals surface area contributed by atoms with E-state index in [2.05, 4.69) is 10.3 Å². The Morgan fingerprint density at radius 3 is 2.68 bits per heavy atom. The lowest BCUT2D eigenvalue weighted by Crippen LogP contribution is -2.14. The van der Waals surface area contributed by atoms with E-state index < -0.39 is 5.97 Å². The number of aromatic nitrogens is 1. The third kappa shape index (κ3) is 3.70. The van der Waals surface area contributed by atoms with Crippen molar-refractivity contribution in [2.75, 3.05) is 5.32 Å². The van der Waals surface area contributed by atoms with Gasteiger partial charge in [-0.2, -0.15) is 0 Å². The van der Waals surface area contributed by atoms with Crippen LogP contribution < -0.4 is 5.32 Å². The molecule has 1 aliphatic carbocycles. The molecule has 2 N–H and O–H groups in total. The predicted octanol–water partition coefficient (Wildman–Crippen LogP) is 5.79. The van der Waals surface area contributed by atoms with E-state index in [9.17, 15) is 14.7 Å². The van der Waals surface area contributed by atoms with Crippen molar-refractivity contribution in [3.8, 4) is 11.3 Å². The Labute approximate surface area is 183 Å². The Morgan fingerprint density at radius 2 is 1.81 bits per heavy atom. The van der Waals surface area contributed by atoms with E-state index in [4.69, 9.17) is 0 Å². The minimum atomic E-state index is -0.994. The molecule has 4 aromatic rings. The van der Waals surface area contributed by atoms with Crippen molar-refractivity contribution in [2.24, 2.45) is 0 Å². The summed E-state index contributed by atoms with van der Waals surface area (Å²) in [5, 5.41) is 15.2. The van der Waals surface area contributed by atoms with Crippen molar-refractivity contribution in [3.63, 3.8) is 0 Å². The van der Waals surface area contributed by atoms with Gasteiger partial charge in [0.2, 0.25) is 0 Å². The number of carboxylic acid groups (broad SMARTS) is 1. The van der Waals surface area contributed by atoms with Gasteiger partial charge >= 0.3 is 5.97 Å². The highest BCUT2D eigenvalue weighted by atomic mass is 32.1. The summed E-state index contributed by atoms with van der Waals surface area (Å²) in [7, 11) is 0. The van der Waals surface area contributed by atoms with Crippen LogP contribution in [0.2, 0.25) is 0 Å². The second-order valence-electron chi connectivity index (χ2n) is 7.67. The fraction of sp³-hybridized carbons (Fsp3) is 0.160. The first-order valence-corrected chi connectivity index (χ1v) is 11.1. The maximum absolute atomic E-state index is 12.9. The van der Waals surface area contributed by atoms with Gasteiger partial charge in [-0.3, -0.25) is 4.79 Å². The molecule has 1 amide bonds. The van der Waals surface area contributed by atoms with Gasteiger partial charge in [0.15, 0.2) is 0 Å². The van der Waals surface area contributed by atoms with E-state index in [1.165, 1.54) is 16.9 Å². The van der Waals surface area contributed by atoms with Gasteiger partial charge in [-0.25, -0.2) is 9.78 Å². The highest BCUT2D eigenvalue weighted by molar-refractivity contribution is 7.10. The molecule has 0 unspecified atom stereocenters. The van der Waals surface area contributed by atoms with Crippen LogP contribution in [-0.2, 0) is 12.8 Å². The molecule has 6 heteroatoms. The van der Waals surface area contributed by atoms with Crippen molar-refractivity contribution in [1.29, 1.82) is 0 Å². The van der Waals surface area contributed by atoms with Gasteiger partial charge in [-0.05, 0) is 55.5 Å². The van der Waals surface area contributed by atoms with E-state index >= 15 is 0 Å². The Morgan fingerprint density at radius 1 is 0.968 bits per heavy atom. The van der Waals surface area contributed by atoms with Crippen LogP contribution in [0.3, 0.4) is 0 Å². The maximum atomic E-state index is 12.9. The van der Waals surface area contributed by atoms with E-state index in [1.807, 2.05) is 35.7 Å². The van der Waals surface area contributed by atoms with Gasteiger partial charge in [0.05, 0.1) is 22.3 Å². The Balaban J connectivity index is 1.48. The Bertz CT molecular complexity index is 1330. The average Bonchev–Trinajstić information content (AvgIpc) is 3.23. The summed E-state index contributed by atoms with van der Waals surface area (Å²) in [6.07, 6.45) is 4.33. The van der Waals surface area contributed by atoms with Crippen molar-refractivity contribution < 1.29 is 14.7 Å². The summed E-state index contributed by atoms with van der Waals surface area (Å²) in [6, 6.07) is 16.2. The number of carbonyl (C=O) groups excluding carboxylic acids is 1. The van der Waals surface area contributed by atoms with Crippen LogP contribution in [0.5, 0.6) is 0 Å². The molecule has 2 aromatic heterocycles. The lowest BCUT2D eigenvalue weighted by molar-refractivity contribution is 0.0698. The van der Waals surface area contributed by atoms with Crippen LogP contribution in [0.4, 0.5) is 5.69 Å². The van der Waals surface area contributed by atoms with E-state index in [0.29, 0.717) is 22.3 Å². The molecular weight excluding hydrogens is 408 g/mol. The number of benzene rings is 2. The SMILES string of the molecule is O=C(Nc1cccc(-c2cc(C(=O)O)c3ccccc3n2)c1)c1csc2c1CCCC2. The number of rotatable bonds is 4. The van der Waals surface area contributed by atoms with Crippen LogP contribution >= 0.6 is 11.3 Å². The second kappa shape index (κ2) is 7.96. The minimum absolute atomic E-state index is 0.103. The lowest BCUT2D eigenvalue weighted by Gasteiger charge is -2.13. The molecule has 0 fully saturated rings. The zero-order valence-electron chi connectivity index (χ0n) is 16.7. The molecule has 154 valence electrons. The van der Waals surface area contributed by atoms with Crippen LogP contribution in [-0.4, -0.2) is 22.0 Å². The number of hydrogen-bond donors (Lipinski definition) is 2. The molecule has 5 nitrogen and oxygen atoms in total. The minimum Gasteiger partial charge on any atom is -0.478 e. The average molecular weight is 429 g/mol. The fourth-order valence-corrected chi connectivity index (χ4v) is 5.27. The second-order valence-corrected chi connectivity index (χ2v) is 8.63. The van der Waals surface area contributed by atoms with Crippen LogP contribution in [0.15, 0.2) is 60.0 Å². The molecule has 0 atom stereocenters. The first kappa shape index (κ1) is 19.5. The number of anilines is 1. The fourth-order valence-electron chi connectivity index (χ4n) is 4.14. The van der Waals surface area contributed by atoms with Crippen molar-refractivity contribution in [2.45, 2.75) is 25.7 Å².